The van der Waals surface area contributed by atoms with E-state index in [1.165, 1.54) is 0 Å². The third-order valence-electron chi connectivity index (χ3n) is 3.01. The van der Waals surface area contributed by atoms with Crippen molar-refractivity contribution in [1.29, 1.82) is 0 Å². The van der Waals surface area contributed by atoms with Crippen molar-refractivity contribution >= 4 is 0 Å². The lowest BCUT2D eigenvalue weighted by Gasteiger charge is -2.14. The SMILES string of the molecule is CCCn1cncc1COc1ccccc1C(C)O. The van der Waals surface area contributed by atoms with Crippen molar-refractivity contribution in [3.05, 3.63) is 48.0 Å². The van der Waals surface area contributed by atoms with Crippen molar-refractivity contribution in [2.75, 3.05) is 0 Å². The number of aromatic nitrogens is 2. The first-order valence-corrected chi connectivity index (χ1v) is 6.61. The van der Waals surface area contributed by atoms with Crippen LogP contribution in [0.5, 0.6) is 5.75 Å². The van der Waals surface area contributed by atoms with Gasteiger partial charge in [0.25, 0.3) is 0 Å². The molecule has 4 heteroatoms. The van der Waals surface area contributed by atoms with Crippen LogP contribution in [-0.2, 0) is 13.2 Å². The number of ether oxygens (including phenoxy) is 1. The summed E-state index contributed by atoms with van der Waals surface area (Å²) in [6, 6.07) is 7.56. The molecule has 1 heterocycles. The first kappa shape index (κ1) is 13.6. The summed E-state index contributed by atoms with van der Waals surface area (Å²) in [5.41, 5.74) is 1.85. The van der Waals surface area contributed by atoms with E-state index in [0.29, 0.717) is 6.61 Å². The monoisotopic (exact) mass is 260 g/mol. The zero-order valence-corrected chi connectivity index (χ0v) is 11.4. The molecule has 1 aromatic heterocycles. The predicted octanol–water partition coefficient (Wildman–Crippen LogP) is 2.93. The molecule has 0 spiro atoms. The molecule has 2 aromatic rings. The Hall–Kier alpha value is -1.81. The average molecular weight is 260 g/mol. The Morgan fingerprint density at radius 3 is 2.89 bits per heavy atom. The molecule has 0 radical (unpaired) electrons. The summed E-state index contributed by atoms with van der Waals surface area (Å²) >= 11 is 0. The zero-order chi connectivity index (χ0) is 13.7. The lowest BCUT2D eigenvalue weighted by atomic mass is 10.1. The number of nitrogens with zero attached hydrogens (tertiary/aromatic N) is 2. The summed E-state index contributed by atoms with van der Waals surface area (Å²) in [7, 11) is 0. The number of para-hydroxylation sites is 1. The van der Waals surface area contributed by atoms with Gasteiger partial charge in [-0.2, -0.15) is 0 Å². The van der Waals surface area contributed by atoms with Gasteiger partial charge in [-0.15, -0.1) is 0 Å². The fraction of sp³-hybridized carbons (Fsp3) is 0.400. The molecule has 0 aliphatic heterocycles. The van der Waals surface area contributed by atoms with E-state index in [9.17, 15) is 5.11 Å². The molecular formula is C15H20N2O2. The number of benzene rings is 1. The van der Waals surface area contributed by atoms with Gasteiger partial charge < -0.3 is 14.4 Å². The van der Waals surface area contributed by atoms with Crippen LogP contribution in [0.4, 0.5) is 0 Å². The van der Waals surface area contributed by atoms with Gasteiger partial charge in [-0.1, -0.05) is 25.1 Å². The number of rotatable bonds is 6. The fourth-order valence-corrected chi connectivity index (χ4v) is 2.02. The van der Waals surface area contributed by atoms with Gasteiger partial charge in [-0.25, -0.2) is 4.98 Å². The minimum absolute atomic E-state index is 0.462. The zero-order valence-electron chi connectivity index (χ0n) is 11.4. The highest BCUT2D eigenvalue weighted by Gasteiger charge is 2.09. The van der Waals surface area contributed by atoms with Gasteiger partial charge in [0.15, 0.2) is 0 Å². The van der Waals surface area contributed by atoms with Gasteiger partial charge in [0.1, 0.15) is 12.4 Å². The van der Waals surface area contributed by atoms with Crippen LogP contribution in [-0.4, -0.2) is 14.7 Å². The highest BCUT2D eigenvalue weighted by atomic mass is 16.5. The number of aryl methyl sites for hydroxylation is 1. The van der Waals surface area contributed by atoms with Crippen molar-refractivity contribution in [1.82, 2.24) is 9.55 Å². The van der Waals surface area contributed by atoms with Crippen molar-refractivity contribution in [3.63, 3.8) is 0 Å². The summed E-state index contributed by atoms with van der Waals surface area (Å²) in [5.74, 6) is 0.724. The lowest BCUT2D eigenvalue weighted by molar-refractivity contribution is 0.189. The minimum Gasteiger partial charge on any atom is -0.487 e. The Labute approximate surface area is 113 Å². The Morgan fingerprint density at radius 1 is 1.37 bits per heavy atom. The minimum atomic E-state index is -0.531. The normalized spacial score (nSPS) is 12.4. The Bertz CT molecular complexity index is 520. The van der Waals surface area contributed by atoms with Crippen LogP contribution < -0.4 is 4.74 Å². The molecule has 1 aromatic carbocycles. The van der Waals surface area contributed by atoms with E-state index in [1.54, 1.807) is 6.92 Å². The van der Waals surface area contributed by atoms with Gasteiger partial charge in [0, 0.05) is 12.1 Å². The van der Waals surface area contributed by atoms with E-state index >= 15 is 0 Å². The van der Waals surface area contributed by atoms with E-state index in [-0.39, 0.29) is 0 Å². The topological polar surface area (TPSA) is 47.3 Å². The standard InChI is InChI=1S/C15H20N2O2/c1-3-8-17-11-16-9-13(17)10-19-15-7-5-4-6-14(15)12(2)18/h4-7,9,11-12,18H,3,8,10H2,1-2H3. The number of aliphatic hydroxyl groups is 1. The number of imidazole rings is 1. The van der Waals surface area contributed by atoms with Crippen LogP contribution in [0.15, 0.2) is 36.8 Å². The van der Waals surface area contributed by atoms with Crippen molar-refractivity contribution in [2.24, 2.45) is 0 Å². The largest absolute Gasteiger partial charge is 0.487 e. The smallest absolute Gasteiger partial charge is 0.130 e. The molecule has 0 fully saturated rings. The molecule has 1 N–H and O–H groups in total. The number of aliphatic hydroxyl groups excluding tert-OH is 1. The van der Waals surface area contributed by atoms with Gasteiger partial charge in [0.05, 0.1) is 24.3 Å². The highest BCUT2D eigenvalue weighted by Crippen LogP contribution is 2.25. The summed E-state index contributed by atoms with van der Waals surface area (Å²) in [4.78, 5) is 4.14. The maximum Gasteiger partial charge on any atom is 0.130 e. The summed E-state index contributed by atoms with van der Waals surface area (Å²) in [6.07, 6.45) is 4.17. The number of hydrogen-bond donors (Lipinski definition) is 1. The molecule has 4 nitrogen and oxygen atoms in total. The van der Waals surface area contributed by atoms with Crippen molar-refractivity contribution < 1.29 is 9.84 Å². The first-order valence-electron chi connectivity index (χ1n) is 6.61. The summed E-state index contributed by atoms with van der Waals surface area (Å²) < 4.78 is 7.90. The summed E-state index contributed by atoms with van der Waals surface area (Å²) in [5, 5.41) is 9.70. The second-order valence-electron chi connectivity index (χ2n) is 4.58. The second-order valence-corrected chi connectivity index (χ2v) is 4.58. The molecule has 1 atom stereocenters. The van der Waals surface area contributed by atoms with Gasteiger partial charge in [-0.3, -0.25) is 0 Å². The molecule has 102 valence electrons. The van der Waals surface area contributed by atoms with E-state index in [1.807, 2.05) is 36.8 Å². The van der Waals surface area contributed by atoms with Crippen LogP contribution in [0.3, 0.4) is 0 Å². The second kappa shape index (κ2) is 6.38. The van der Waals surface area contributed by atoms with Crippen molar-refractivity contribution in [2.45, 2.75) is 39.5 Å². The molecule has 1 unspecified atom stereocenters. The van der Waals surface area contributed by atoms with E-state index < -0.39 is 6.10 Å². The van der Waals surface area contributed by atoms with Crippen LogP contribution in [0.2, 0.25) is 0 Å². The van der Waals surface area contributed by atoms with Gasteiger partial charge in [0.2, 0.25) is 0 Å². The molecule has 19 heavy (non-hydrogen) atoms. The van der Waals surface area contributed by atoms with Crippen LogP contribution in [0.25, 0.3) is 0 Å². The predicted molar refractivity (Wildman–Crippen MR) is 73.9 cm³/mol. The fourth-order valence-electron chi connectivity index (χ4n) is 2.02. The Kier molecular flexibility index (Phi) is 4.58. The maximum atomic E-state index is 9.70. The molecule has 0 saturated heterocycles. The summed E-state index contributed by atoms with van der Waals surface area (Å²) in [6.45, 7) is 5.28. The Morgan fingerprint density at radius 2 is 2.16 bits per heavy atom. The van der Waals surface area contributed by atoms with Gasteiger partial charge >= 0.3 is 0 Å². The quantitative estimate of drug-likeness (QED) is 0.868. The lowest BCUT2D eigenvalue weighted by Crippen LogP contribution is -2.06. The molecule has 0 saturated carbocycles. The van der Waals surface area contributed by atoms with Crippen LogP contribution >= 0.6 is 0 Å². The van der Waals surface area contributed by atoms with E-state index in [0.717, 1.165) is 30.0 Å². The van der Waals surface area contributed by atoms with Crippen molar-refractivity contribution in [3.8, 4) is 5.75 Å². The third kappa shape index (κ3) is 3.35. The molecule has 0 aliphatic carbocycles. The molecule has 0 bridgehead atoms. The van der Waals surface area contributed by atoms with E-state index in [4.69, 9.17) is 4.74 Å². The average Bonchev–Trinajstić information content (AvgIpc) is 2.84. The van der Waals surface area contributed by atoms with Crippen LogP contribution in [0, 0.1) is 0 Å². The molecule has 2 rings (SSSR count). The molecule has 0 amide bonds. The molecule has 0 aliphatic rings. The highest BCUT2D eigenvalue weighted by molar-refractivity contribution is 5.34. The maximum absolute atomic E-state index is 9.70. The van der Waals surface area contributed by atoms with Crippen LogP contribution in [0.1, 0.15) is 37.6 Å². The first-order chi connectivity index (χ1) is 9.22. The molecular weight excluding hydrogens is 240 g/mol. The third-order valence-corrected chi connectivity index (χ3v) is 3.01. The Balaban J connectivity index is 2.08. The number of hydrogen-bond acceptors (Lipinski definition) is 3. The van der Waals surface area contributed by atoms with E-state index in [2.05, 4.69) is 16.5 Å². The van der Waals surface area contributed by atoms with Gasteiger partial charge in [-0.05, 0) is 19.4 Å².